The van der Waals surface area contributed by atoms with Gasteiger partial charge >= 0.3 is 0 Å². The molecule has 2 N–H and O–H groups in total. The summed E-state index contributed by atoms with van der Waals surface area (Å²) in [6.07, 6.45) is 1.67. The largest absolute Gasteiger partial charge is 0.497 e. The minimum atomic E-state index is -0.378. The molecule has 8 nitrogen and oxygen atoms in total. The van der Waals surface area contributed by atoms with Gasteiger partial charge in [0.05, 0.1) is 7.11 Å². The number of nitrogens with one attached hydrogen (secondary N) is 2. The van der Waals surface area contributed by atoms with Gasteiger partial charge in [-0.1, -0.05) is 6.07 Å². The van der Waals surface area contributed by atoms with Crippen molar-refractivity contribution < 1.29 is 18.7 Å². The fraction of sp³-hybridized carbons (Fsp3) is 0.130. The standard InChI is InChI=1S/C23H20N4O4S/c1-14-17(22-27-21-19(31-22)7-4-12-24-21)5-3-6-18(14)25-23(32)26-20(28)13-30-16-10-8-15(29-2)9-11-16/h3-12H,13H2,1-2H3,(H2,25,26,28,32). The zero-order chi connectivity index (χ0) is 22.5. The van der Waals surface area contributed by atoms with E-state index in [0.29, 0.717) is 28.6 Å². The van der Waals surface area contributed by atoms with Crippen LogP contribution < -0.4 is 20.1 Å². The van der Waals surface area contributed by atoms with E-state index < -0.39 is 0 Å². The number of amides is 1. The molecule has 0 radical (unpaired) electrons. The number of aromatic nitrogens is 2. The van der Waals surface area contributed by atoms with Crippen molar-refractivity contribution in [2.45, 2.75) is 6.92 Å². The molecule has 0 aliphatic heterocycles. The molecule has 2 aromatic heterocycles. The third kappa shape index (κ3) is 4.84. The first-order valence-electron chi connectivity index (χ1n) is 9.72. The van der Waals surface area contributed by atoms with Crippen molar-refractivity contribution in [3.05, 3.63) is 66.4 Å². The second kappa shape index (κ2) is 9.44. The van der Waals surface area contributed by atoms with Crippen molar-refractivity contribution in [3.8, 4) is 23.0 Å². The molecule has 2 heterocycles. The molecule has 2 aromatic carbocycles. The van der Waals surface area contributed by atoms with Gasteiger partial charge in [0.1, 0.15) is 11.5 Å². The smallest absolute Gasteiger partial charge is 0.264 e. The van der Waals surface area contributed by atoms with Crippen molar-refractivity contribution in [2.24, 2.45) is 0 Å². The fourth-order valence-electron chi connectivity index (χ4n) is 3.02. The molecule has 0 aliphatic rings. The number of anilines is 1. The molecule has 0 aliphatic carbocycles. The number of hydrogen-bond acceptors (Lipinski definition) is 7. The SMILES string of the molecule is COc1ccc(OCC(=O)NC(=S)Nc2cccc(-c3nc4ncccc4o3)c2C)cc1. The Hall–Kier alpha value is -3.98. The molecule has 0 fully saturated rings. The topological polar surface area (TPSA) is 98.5 Å². The Morgan fingerprint density at radius 2 is 1.88 bits per heavy atom. The summed E-state index contributed by atoms with van der Waals surface area (Å²) in [4.78, 5) is 20.8. The highest BCUT2D eigenvalue weighted by Gasteiger charge is 2.14. The minimum absolute atomic E-state index is 0.160. The molecule has 162 valence electrons. The van der Waals surface area contributed by atoms with E-state index in [1.54, 1.807) is 43.6 Å². The van der Waals surface area contributed by atoms with Gasteiger partial charge in [-0.05, 0) is 73.2 Å². The molecule has 4 rings (SSSR count). The lowest BCUT2D eigenvalue weighted by Gasteiger charge is -2.13. The van der Waals surface area contributed by atoms with E-state index in [2.05, 4.69) is 20.6 Å². The van der Waals surface area contributed by atoms with Crippen molar-refractivity contribution in [3.63, 3.8) is 0 Å². The van der Waals surface area contributed by atoms with Crippen LogP contribution in [-0.4, -0.2) is 34.7 Å². The number of oxazole rings is 1. The first-order valence-corrected chi connectivity index (χ1v) is 10.1. The summed E-state index contributed by atoms with van der Waals surface area (Å²) in [5, 5.41) is 5.81. The van der Waals surface area contributed by atoms with Crippen LogP contribution in [0.5, 0.6) is 11.5 Å². The average Bonchev–Trinajstić information content (AvgIpc) is 3.23. The molecule has 4 aromatic rings. The molecule has 0 unspecified atom stereocenters. The van der Waals surface area contributed by atoms with Crippen molar-refractivity contribution in [1.82, 2.24) is 15.3 Å². The molecule has 32 heavy (non-hydrogen) atoms. The first-order chi connectivity index (χ1) is 15.5. The number of ether oxygens (including phenoxy) is 2. The van der Waals surface area contributed by atoms with E-state index in [1.165, 1.54) is 0 Å². The van der Waals surface area contributed by atoms with Crippen LogP contribution in [0.25, 0.3) is 22.7 Å². The van der Waals surface area contributed by atoms with Gasteiger partial charge in [-0.2, -0.15) is 4.98 Å². The fourth-order valence-corrected chi connectivity index (χ4v) is 3.25. The normalized spacial score (nSPS) is 10.6. The second-order valence-electron chi connectivity index (χ2n) is 6.79. The molecule has 0 saturated carbocycles. The number of rotatable bonds is 6. The van der Waals surface area contributed by atoms with E-state index >= 15 is 0 Å². The molecular weight excluding hydrogens is 428 g/mol. The van der Waals surface area contributed by atoms with Crippen molar-refractivity contribution >= 4 is 40.2 Å². The lowest BCUT2D eigenvalue weighted by Crippen LogP contribution is -2.37. The number of nitrogens with zero attached hydrogens (tertiary/aromatic N) is 2. The lowest BCUT2D eigenvalue weighted by molar-refractivity contribution is -0.121. The molecule has 1 amide bonds. The number of carbonyl (C=O) groups is 1. The monoisotopic (exact) mass is 448 g/mol. The Morgan fingerprint density at radius 1 is 1.09 bits per heavy atom. The van der Waals surface area contributed by atoms with Gasteiger partial charge in [-0.25, -0.2) is 4.98 Å². The molecule has 0 atom stereocenters. The van der Waals surface area contributed by atoms with Gasteiger partial charge in [-0.3, -0.25) is 10.1 Å². The number of benzene rings is 2. The number of methoxy groups -OCH3 is 1. The zero-order valence-corrected chi connectivity index (χ0v) is 18.2. The van der Waals surface area contributed by atoms with E-state index in [4.69, 9.17) is 26.1 Å². The van der Waals surface area contributed by atoms with Gasteiger partial charge in [0.15, 0.2) is 22.9 Å². The van der Waals surface area contributed by atoms with Crippen LogP contribution in [0.1, 0.15) is 5.56 Å². The second-order valence-corrected chi connectivity index (χ2v) is 7.20. The van der Waals surface area contributed by atoms with Crippen LogP contribution in [-0.2, 0) is 4.79 Å². The van der Waals surface area contributed by atoms with Gasteiger partial charge in [-0.15, -0.1) is 0 Å². The van der Waals surface area contributed by atoms with E-state index in [0.717, 1.165) is 16.8 Å². The van der Waals surface area contributed by atoms with E-state index in [1.807, 2.05) is 31.2 Å². The number of carbonyl (C=O) groups excluding carboxylic acids is 1. The number of fused-ring (bicyclic) bond motifs is 1. The van der Waals surface area contributed by atoms with Gasteiger partial charge in [0.25, 0.3) is 5.91 Å². The third-order valence-electron chi connectivity index (χ3n) is 4.66. The van der Waals surface area contributed by atoms with Crippen LogP contribution >= 0.6 is 12.2 Å². The molecule has 0 bridgehead atoms. The third-order valence-corrected chi connectivity index (χ3v) is 4.86. The highest BCUT2D eigenvalue weighted by Crippen LogP contribution is 2.30. The average molecular weight is 449 g/mol. The summed E-state index contributed by atoms with van der Waals surface area (Å²) in [7, 11) is 1.58. The summed E-state index contributed by atoms with van der Waals surface area (Å²) >= 11 is 5.28. The molecule has 0 spiro atoms. The first kappa shape index (κ1) is 21.3. The van der Waals surface area contributed by atoms with E-state index in [-0.39, 0.29) is 17.6 Å². The van der Waals surface area contributed by atoms with Gasteiger partial charge in [0.2, 0.25) is 5.89 Å². The Balaban J connectivity index is 1.38. The summed E-state index contributed by atoms with van der Waals surface area (Å²) in [6.45, 7) is 1.74. The predicted molar refractivity (Wildman–Crippen MR) is 125 cm³/mol. The summed E-state index contributed by atoms with van der Waals surface area (Å²) in [5.41, 5.74) is 3.54. The van der Waals surface area contributed by atoms with Gasteiger partial charge in [0, 0.05) is 17.4 Å². The summed E-state index contributed by atoms with van der Waals surface area (Å²) < 4.78 is 16.4. The zero-order valence-electron chi connectivity index (χ0n) is 17.4. The van der Waals surface area contributed by atoms with Crippen molar-refractivity contribution in [2.75, 3.05) is 19.0 Å². The summed E-state index contributed by atoms with van der Waals surface area (Å²) in [6, 6.07) is 16.2. The highest BCUT2D eigenvalue weighted by atomic mass is 32.1. The molecule has 9 heteroatoms. The Morgan fingerprint density at radius 3 is 2.62 bits per heavy atom. The quantitative estimate of drug-likeness (QED) is 0.426. The van der Waals surface area contributed by atoms with Crippen LogP contribution in [0.3, 0.4) is 0 Å². The maximum absolute atomic E-state index is 12.2. The molecule has 0 saturated heterocycles. The maximum atomic E-state index is 12.2. The molecular formula is C23H20N4O4S. The lowest BCUT2D eigenvalue weighted by atomic mass is 10.1. The van der Waals surface area contributed by atoms with Gasteiger partial charge < -0.3 is 19.2 Å². The maximum Gasteiger partial charge on any atom is 0.264 e. The minimum Gasteiger partial charge on any atom is -0.497 e. The van der Waals surface area contributed by atoms with Crippen LogP contribution in [0.4, 0.5) is 5.69 Å². The Bertz CT molecular complexity index is 1240. The number of pyridine rings is 1. The Kier molecular flexibility index (Phi) is 6.27. The van der Waals surface area contributed by atoms with Crippen LogP contribution in [0.15, 0.2) is 65.2 Å². The summed E-state index contributed by atoms with van der Waals surface area (Å²) in [5.74, 6) is 1.34. The van der Waals surface area contributed by atoms with E-state index in [9.17, 15) is 4.79 Å². The van der Waals surface area contributed by atoms with Crippen LogP contribution in [0.2, 0.25) is 0 Å². The highest BCUT2D eigenvalue weighted by molar-refractivity contribution is 7.80. The number of thiocarbonyl (C=S) groups is 1. The van der Waals surface area contributed by atoms with Crippen LogP contribution in [0, 0.1) is 6.92 Å². The van der Waals surface area contributed by atoms with Crippen molar-refractivity contribution in [1.29, 1.82) is 0 Å². The number of hydrogen-bond donors (Lipinski definition) is 2. The Labute approximate surface area is 189 Å². The predicted octanol–water partition coefficient (Wildman–Crippen LogP) is 4.10.